The van der Waals surface area contributed by atoms with E-state index in [0.29, 0.717) is 27.6 Å². The topological polar surface area (TPSA) is 67.9 Å². The van der Waals surface area contributed by atoms with Crippen LogP contribution in [0, 0.1) is 5.82 Å². The summed E-state index contributed by atoms with van der Waals surface area (Å²) in [4.78, 5) is 28.9. The zero-order chi connectivity index (χ0) is 27.6. The highest BCUT2D eigenvalue weighted by Gasteiger charge is 2.32. The van der Waals surface area contributed by atoms with Gasteiger partial charge in [-0.2, -0.15) is 0 Å². The van der Waals surface area contributed by atoms with Crippen LogP contribution in [0.2, 0.25) is 5.02 Å². The van der Waals surface area contributed by atoms with Crippen LogP contribution in [-0.2, 0) is 22.7 Å². The fourth-order valence-corrected chi connectivity index (χ4v) is 4.32. The second-order valence-corrected chi connectivity index (χ2v) is 9.12. The van der Waals surface area contributed by atoms with Gasteiger partial charge in [0, 0.05) is 18.7 Å². The molecule has 0 saturated carbocycles. The van der Waals surface area contributed by atoms with Crippen molar-refractivity contribution in [2.75, 3.05) is 13.7 Å². The third kappa shape index (κ3) is 7.36. The fraction of sp³-hybridized carbons (Fsp3) is 0.161. The number of para-hydroxylation sites is 2. The maximum absolute atomic E-state index is 13.8. The molecule has 0 bridgehead atoms. The van der Waals surface area contributed by atoms with Gasteiger partial charge >= 0.3 is 0 Å². The van der Waals surface area contributed by atoms with E-state index < -0.39 is 17.8 Å². The quantitative estimate of drug-likeness (QED) is 0.252. The van der Waals surface area contributed by atoms with Crippen molar-refractivity contribution >= 4 is 23.4 Å². The smallest absolute Gasteiger partial charge is 0.261 e. The summed E-state index contributed by atoms with van der Waals surface area (Å²) >= 11 is 6.21. The Balaban J connectivity index is 1.65. The summed E-state index contributed by atoms with van der Waals surface area (Å²) in [5.41, 5.74) is 2.06. The molecule has 6 nitrogen and oxygen atoms in total. The maximum atomic E-state index is 13.8. The number of methoxy groups -OCH3 is 1. The molecule has 0 aromatic heterocycles. The monoisotopic (exact) mass is 546 g/mol. The van der Waals surface area contributed by atoms with Gasteiger partial charge in [0.25, 0.3) is 5.91 Å². The molecule has 0 saturated heterocycles. The van der Waals surface area contributed by atoms with Crippen LogP contribution in [0.1, 0.15) is 22.7 Å². The highest BCUT2D eigenvalue weighted by atomic mass is 35.5. The van der Waals surface area contributed by atoms with Gasteiger partial charge in [0.2, 0.25) is 5.91 Å². The predicted molar refractivity (Wildman–Crippen MR) is 148 cm³/mol. The van der Waals surface area contributed by atoms with Gasteiger partial charge in [0.1, 0.15) is 23.4 Å². The number of ether oxygens (including phenoxy) is 2. The van der Waals surface area contributed by atoms with Crippen LogP contribution in [0.3, 0.4) is 0 Å². The lowest BCUT2D eigenvalue weighted by molar-refractivity contribution is -0.143. The van der Waals surface area contributed by atoms with Crippen molar-refractivity contribution in [3.8, 4) is 11.5 Å². The van der Waals surface area contributed by atoms with Gasteiger partial charge in [-0.15, -0.1) is 0 Å². The van der Waals surface area contributed by atoms with Crippen LogP contribution in [0.25, 0.3) is 0 Å². The average molecular weight is 547 g/mol. The zero-order valence-corrected chi connectivity index (χ0v) is 22.1. The number of hydrogen-bond donors (Lipinski definition) is 1. The molecule has 1 atom stereocenters. The number of amides is 2. The van der Waals surface area contributed by atoms with Gasteiger partial charge in [-0.05, 0) is 41.5 Å². The summed E-state index contributed by atoms with van der Waals surface area (Å²) in [6.07, 6.45) is 0. The van der Waals surface area contributed by atoms with Crippen molar-refractivity contribution in [2.24, 2.45) is 0 Å². The summed E-state index contributed by atoms with van der Waals surface area (Å²) in [7, 11) is 1.56. The highest BCUT2D eigenvalue weighted by Crippen LogP contribution is 2.27. The summed E-state index contributed by atoms with van der Waals surface area (Å²) < 4.78 is 24.8. The predicted octanol–water partition coefficient (Wildman–Crippen LogP) is 5.95. The van der Waals surface area contributed by atoms with Crippen molar-refractivity contribution < 1.29 is 23.5 Å². The molecule has 200 valence electrons. The molecular weight excluding hydrogens is 519 g/mol. The Kier molecular flexibility index (Phi) is 9.53. The Hall–Kier alpha value is -4.36. The van der Waals surface area contributed by atoms with Crippen molar-refractivity contribution in [2.45, 2.75) is 19.1 Å². The Morgan fingerprint density at radius 3 is 2.21 bits per heavy atom. The first kappa shape index (κ1) is 27.7. The molecule has 2 amide bonds. The van der Waals surface area contributed by atoms with E-state index in [1.807, 2.05) is 30.3 Å². The SMILES string of the molecule is COc1ccccc1CNC(=O)[C@H](c1ccccc1)N(Cc1ccc(F)cc1)C(=O)COc1ccccc1Cl. The molecule has 0 unspecified atom stereocenters. The first-order valence-electron chi connectivity index (χ1n) is 12.3. The lowest BCUT2D eigenvalue weighted by Gasteiger charge is -2.31. The fourth-order valence-electron chi connectivity index (χ4n) is 4.13. The van der Waals surface area contributed by atoms with E-state index in [-0.39, 0.29) is 25.6 Å². The second-order valence-electron chi connectivity index (χ2n) is 8.71. The largest absolute Gasteiger partial charge is 0.496 e. The number of nitrogens with one attached hydrogen (secondary N) is 1. The van der Waals surface area contributed by atoms with Crippen LogP contribution in [0.15, 0.2) is 103 Å². The van der Waals surface area contributed by atoms with E-state index in [1.54, 1.807) is 67.8 Å². The van der Waals surface area contributed by atoms with Gasteiger partial charge in [-0.3, -0.25) is 9.59 Å². The molecule has 4 aromatic rings. The number of benzene rings is 4. The molecule has 0 radical (unpaired) electrons. The third-order valence-corrected chi connectivity index (χ3v) is 6.41. The average Bonchev–Trinajstić information content (AvgIpc) is 2.97. The Labute approximate surface area is 231 Å². The maximum Gasteiger partial charge on any atom is 0.261 e. The van der Waals surface area contributed by atoms with E-state index in [4.69, 9.17) is 21.1 Å². The van der Waals surface area contributed by atoms with Crippen LogP contribution in [0.5, 0.6) is 11.5 Å². The number of nitrogens with zero attached hydrogens (tertiary/aromatic N) is 1. The molecule has 0 aliphatic rings. The standard InChI is InChI=1S/C31H28ClFN2O4/c1-38-27-13-7-5-11-24(27)19-34-31(37)30(23-9-3-2-4-10-23)35(20-22-15-17-25(33)18-16-22)29(36)21-39-28-14-8-6-12-26(28)32/h2-18,30H,19-21H2,1H3,(H,34,37)/t30-/m0/s1. The van der Waals surface area contributed by atoms with Crippen molar-refractivity contribution in [1.29, 1.82) is 0 Å². The normalized spacial score (nSPS) is 11.4. The van der Waals surface area contributed by atoms with Crippen molar-refractivity contribution in [3.63, 3.8) is 0 Å². The number of hydrogen-bond acceptors (Lipinski definition) is 4. The van der Waals surface area contributed by atoms with Gasteiger partial charge in [-0.25, -0.2) is 4.39 Å². The molecule has 1 N–H and O–H groups in total. The lowest BCUT2D eigenvalue weighted by atomic mass is 10.0. The molecule has 0 fully saturated rings. The van der Waals surface area contributed by atoms with E-state index >= 15 is 0 Å². The van der Waals surface area contributed by atoms with E-state index in [9.17, 15) is 14.0 Å². The number of carbonyl (C=O) groups is 2. The molecule has 0 aliphatic carbocycles. The molecule has 39 heavy (non-hydrogen) atoms. The van der Waals surface area contributed by atoms with Gasteiger partial charge in [0.05, 0.1) is 12.1 Å². The lowest BCUT2D eigenvalue weighted by Crippen LogP contribution is -2.45. The first-order valence-corrected chi connectivity index (χ1v) is 12.7. The van der Waals surface area contributed by atoms with Gasteiger partial charge in [-0.1, -0.05) is 84.4 Å². The molecule has 0 heterocycles. The summed E-state index contributed by atoms with van der Waals surface area (Å²) in [5.74, 6) is -0.235. The van der Waals surface area contributed by atoms with Crippen LogP contribution >= 0.6 is 11.6 Å². The Morgan fingerprint density at radius 1 is 0.872 bits per heavy atom. The van der Waals surface area contributed by atoms with Crippen LogP contribution in [-0.4, -0.2) is 30.4 Å². The van der Waals surface area contributed by atoms with E-state index in [1.165, 1.54) is 17.0 Å². The summed E-state index contributed by atoms with van der Waals surface area (Å²) in [5, 5.41) is 3.32. The minimum atomic E-state index is -0.992. The molecule has 0 spiro atoms. The molecular formula is C31H28ClFN2O4. The minimum absolute atomic E-state index is 0.0482. The van der Waals surface area contributed by atoms with Gasteiger partial charge < -0.3 is 19.7 Å². The van der Waals surface area contributed by atoms with Crippen molar-refractivity contribution in [3.05, 3.63) is 131 Å². The van der Waals surface area contributed by atoms with Crippen LogP contribution in [0.4, 0.5) is 4.39 Å². The summed E-state index contributed by atoms with van der Waals surface area (Å²) in [6.45, 7) is -0.110. The zero-order valence-electron chi connectivity index (χ0n) is 21.3. The number of halogens is 2. The molecule has 4 rings (SSSR count). The van der Waals surface area contributed by atoms with E-state index in [2.05, 4.69) is 5.32 Å². The minimum Gasteiger partial charge on any atom is -0.496 e. The Morgan fingerprint density at radius 2 is 1.51 bits per heavy atom. The highest BCUT2D eigenvalue weighted by molar-refractivity contribution is 6.32. The first-order chi connectivity index (χ1) is 19.0. The number of carbonyl (C=O) groups excluding carboxylic acids is 2. The van der Waals surface area contributed by atoms with Crippen LogP contribution < -0.4 is 14.8 Å². The van der Waals surface area contributed by atoms with Gasteiger partial charge in [0.15, 0.2) is 6.61 Å². The summed E-state index contributed by atoms with van der Waals surface area (Å²) in [6, 6.07) is 28.0. The van der Waals surface area contributed by atoms with Crippen molar-refractivity contribution in [1.82, 2.24) is 10.2 Å². The van der Waals surface area contributed by atoms with E-state index in [0.717, 1.165) is 5.56 Å². The third-order valence-electron chi connectivity index (χ3n) is 6.10. The Bertz CT molecular complexity index is 1400. The molecule has 8 heteroatoms. The molecule has 4 aromatic carbocycles. The number of rotatable bonds is 11. The second kappa shape index (κ2) is 13.4. The molecule has 0 aliphatic heterocycles.